The zero-order valence-electron chi connectivity index (χ0n) is 12.0. The quantitative estimate of drug-likeness (QED) is 0.576. The number of nitrogens with two attached hydrogens (primary N) is 2. The lowest BCUT2D eigenvalue weighted by Gasteiger charge is -2.22. The van der Waals surface area contributed by atoms with Crippen LogP contribution in [0, 0.1) is 12.3 Å². The predicted octanol–water partition coefficient (Wildman–Crippen LogP) is 0.987. The van der Waals surface area contributed by atoms with Crippen molar-refractivity contribution in [2.24, 2.45) is 17.0 Å². The number of anilines is 2. The number of fused-ring (bicyclic) bond motifs is 1. The molecular weight excluding hydrogens is 288 g/mol. The molecule has 21 heavy (non-hydrogen) atoms. The van der Waals surface area contributed by atoms with Gasteiger partial charge in [0.2, 0.25) is 11.9 Å². The number of nitrogen functional groups attached to an aromatic ring is 1. The van der Waals surface area contributed by atoms with E-state index in [1.165, 1.54) is 0 Å². The third-order valence-electron chi connectivity index (χ3n) is 3.99. The van der Waals surface area contributed by atoms with Gasteiger partial charge in [0, 0.05) is 18.0 Å². The van der Waals surface area contributed by atoms with Crippen molar-refractivity contribution in [3.05, 3.63) is 10.9 Å². The Bertz CT molecular complexity index is 714. The summed E-state index contributed by atoms with van der Waals surface area (Å²) in [6, 6.07) is 2.07. The molecule has 112 valence electrons. The number of hydrogen-bond donors (Lipinski definition) is 3. The lowest BCUT2D eigenvalue weighted by molar-refractivity contribution is -0.125. The van der Waals surface area contributed by atoms with Crippen molar-refractivity contribution in [2.75, 3.05) is 23.4 Å². The van der Waals surface area contributed by atoms with Gasteiger partial charge < -0.3 is 10.6 Å². The normalized spacial score (nSPS) is 22.0. The van der Waals surface area contributed by atoms with Crippen molar-refractivity contribution in [1.29, 1.82) is 0 Å². The van der Waals surface area contributed by atoms with Crippen molar-refractivity contribution in [3.8, 4) is 0 Å². The molecule has 0 radical (unpaired) electrons. The van der Waals surface area contributed by atoms with Gasteiger partial charge in [-0.15, -0.1) is 11.3 Å². The Morgan fingerprint density at radius 3 is 2.90 bits per heavy atom. The highest BCUT2D eigenvalue weighted by Gasteiger charge is 2.40. The Balaban J connectivity index is 2.06. The average molecular weight is 306 g/mol. The molecule has 0 spiro atoms. The number of amides is 1. The van der Waals surface area contributed by atoms with Crippen LogP contribution in [-0.2, 0) is 4.79 Å². The van der Waals surface area contributed by atoms with Gasteiger partial charge in [-0.3, -0.25) is 10.2 Å². The zero-order chi connectivity index (χ0) is 15.2. The summed E-state index contributed by atoms with van der Waals surface area (Å²) < 4.78 is 0. The number of hydrogen-bond acceptors (Lipinski definition) is 7. The van der Waals surface area contributed by atoms with E-state index in [-0.39, 0.29) is 5.91 Å². The van der Waals surface area contributed by atoms with Gasteiger partial charge >= 0.3 is 0 Å². The highest BCUT2D eigenvalue weighted by Crippen LogP contribution is 2.37. The SMILES string of the molecule is Cc1cc2c(N3CCC(C)(C(N)=O)C3)nc(NN)nc2s1. The van der Waals surface area contributed by atoms with Crippen LogP contribution in [0.5, 0.6) is 0 Å². The maximum Gasteiger partial charge on any atom is 0.240 e. The van der Waals surface area contributed by atoms with Crippen LogP contribution in [0.4, 0.5) is 11.8 Å². The monoisotopic (exact) mass is 306 g/mol. The van der Waals surface area contributed by atoms with Crippen molar-refractivity contribution >= 4 is 39.2 Å². The number of rotatable bonds is 3. The number of aromatic nitrogens is 2. The second kappa shape index (κ2) is 4.81. The summed E-state index contributed by atoms with van der Waals surface area (Å²) in [6.45, 7) is 5.23. The van der Waals surface area contributed by atoms with Crippen LogP contribution in [-0.4, -0.2) is 29.0 Å². The van der Waals surface area contributed by atoms with Gasteiger partial charge in [-0.2, -0.15) is 4.98 Å². The molecule has 1 aliphatic rings. The number of nitrogens with one attached hydrogen (secondary N) is 1. The molecule has 8 heteroatoms. The summed E-state index contributed by atoms with van der Waals surface area (Å²) in [7, 11) is 0. The Labute approximate surface area is 126 Å². The number of hydrazine groups is 1. The number of primary amides is 1. The van der Waals surface area contributed by atoms with Crippen LogP contribution in [0.2, 0.25) is 0 Å². The third kappa shape index (κ3) is 2.30. The molecular formula is C13H18N6OS. The largest absolute Gasteiger partial charge is 0.369 e. The zero-order valence-corrected chi connectivity index (χ0v) is 12.8. The molecule has 1 atom stereocenters. The number of thiophene rings is 1. The van der Waals surface area contributed by atoms with E-state index in [0.29, 0.717) is 12.5 Å². The van der Waals surface area contributed by atoms with E-state index in [1.807, 2.05) is 13.8 Å². The molecule has 5 N–H and O–H groups in total. The highest BCUT2D eigenvalue weighted by atomic mass is 32.1. The van der Waals surface area contributed by atoms with Gasteiger partial charge in [-0.05, 0) is 26.3 Å². The van der Waals surface area contributed by atoms with Crippen LogP contribution in [0.25, 0.3) is 10.2 Å². The fourth-order valence-corrected chi connectivity index (χ4v) is 3.55. The number of nitrogens with zero attached hydrogens (tertiary/aromatic N) is 3. The molecule has 7 nitrogen and oxygen atoms in total. The van der Waals surface area contributed by atoms with Crippen LogP contribution < -0.4 is 21.9 Å². The number of carbonyl (C=O) groups is 1. The highest BCUT2D eigenvalue weighted by molar-refractivity contribution is 7.18. The fourth-order valence-electron chi connectivity index (χ4n) is 2.68. The first kappa shape index (κ1) is 14.0. The average Bonchev–Trinajstić information content (AvgIpc) is 3.00. The molecule has 0 aromatic carbocycles. The van der Waals surface area contributed by atoms with Crippen molar-refractivity contribution < 1.29 is 4.79 Å². The Morgan fingerprint density at radius 1 is 1.52 bits per heavy atom. The van der Waals surface area contributed by atoms with E-state index in [2.05, 4.69) is 26.4 Å². The van der Waals surface area contributed by atoms with Gasteiger partial charge in [0.25, 0.3) is 0 Å². The third-order valence-corrected chi connectivity index (χ3v) is 4.94. The van der Waals surface area contributed by atoms with E-state index in [1.54, 1.807) is 11.3 Å². The second-order valence-corrected chi connectivity index (χ2v) is 6.92. The first-order chi connectivity index (χ1) is 9.93. The van der Waals surface area contributed by atoms with E-state index < -0.39 is 5.41 Å². The summed E-state index contributed by atoms with van der Waals surface area (Å²) in [5.74, 6) is 6.37. The standard InChI is InChI=1S/C13H18N6OS/c1-7-5-8-9(16-12(18-15)17-10(8)21-7)19-4-3-13(2,6-19)11(14)20/h5H,3-4,6,15H2,1-2H3,(H2,14,20)(H,16,17,18). The lowest BCUT2D eigenvalue weighted by Crippen LogP contribution is -2.37. The summed E-state index contributed by atoms with van der Waals surface area (Å²) in [5.41, 5.74) is 7.50. The second-order valence-electron chi connectivity index (χ2n) is 5.69. The van der Waals surface area contributed by atoms with Crippen LogP contribution in [0.1, 0.15) is 18.2 Å². The maximum absolute atomic E-state index is 11.6. The molecule has 1 amide bonds. The lowest BCUT2D eigenvalue weighted by atomic mass is 9.89. The summed E-state index contributed by atoms with van der Waals surface area (Å²) in [4.78, 5) is 24.6. The van der Waals surface area contributed by atoms with Crippen molar-refractivity contribution in [3.63, 3.8) is 0 Å². The van der Waals surface area contributed by atoms with E-state index in [9.17, 15) is 4.79 Å². The number of aryl methyl sites for hydroxylation is 1. The van der Waals surface area contributed by atoms with Gasteiger partial charge in [-0.25, -0.2) is 10.8 Å². The molecule has 0 saturated carbocycles. The molecule has 0 aliphatic carbocycles. The molecule has 0 bridgehead atoms. The Hall–Kier alpha value is -1.93. The van der Waals surface area contributed by atoms with Gasteiger partial charge in [0.05, 0.1) is 10.8 Å². The minimum absolute atomic E-state index is 0.269. The first-order valence-corrected chi connectivity index (χ1v) is 7.54. The van der Waals surface area contributed by atoms with Crippen LogP contribution in [0.3, 0.4) is 0 Å². The Morgan fingerprint density at radius 2 is 2.29 bits per heavy atom. The summed E-state index contributed by atoms with van der Waals surface area (Å²) in [5, 5.41) is 0.991. The van der Waals surface area contributed by atoms with Gasteiger partial charge in [0.1, 0.15) is 10.6 Å². The molecule has 1 saturated heterocycles. The first-order valence-electron chi connectivity index (χ1n) is 6.72. The molecule has 1 fully saturated rings. The van der Waals surface area contributed by atoms with Crippen LogP contribution >= 0.6 is 11.3 Å². The smallest absolute Gasteiger partial charge is 0.240 e. The number of carbonyl (C=O) groups excluding carboxylic acids is 1. The summed E-state index contributed by atoms with van der Waals surface area (Å²) >= 11 is 1.60. The minimum atomic E-state index is -0.515. The van der Waals surface area contributed by atoms with Crippen molar-refractivity contribution in [1.82, 2.24) is 9.97 Å². The van der Waals surface area contributed by atoms with Crippen molar-refractivity contribution in [2.45, 2.75) is 20.3 Å². The minimum Gasteiger partial charge on any atom is -0.369 e. The van der Waals surface area contributed by atoms with Gasteiger partial charge in [-0.1, -0.05) is 0 Å². The van der Waals surface area contributed by atoms with E-state index in [0.717, 1.165) is 33.9 Å². The van der Waals surface area contributed by atoms with E-state index in [4.69, 9.17) is 11.6 Å². The molecule has 1 unspecified atom stereocenters. The molecule has 2 aromatic rings. The van der Waals surface area contributed by atoms with Crippen LogP contribution in [0.15, 0.2) is 6.07 Å². The van der Waals surface area contributed by atoms with Gasteiger partial charge in [0.15, 0.2) is 0 Å². The summed E-state index contributed by atoms with van der Waals surface area (Å²) in [6.07, 6.45) is 0.725. The molecule has 3 rings (SSSR count). The van der Waals surface area contributed by atoms with E-state index >= 15 is 0 Å². The topological polar surface area (TPSA) is 110 Å². The molecule has 3 heterocycles. The molecule has 2 aromatic heterocycles. The maximum atomic E-state index is 11.6. The fraction of sp³-hybridized carbons (Fsp3) is 0.462. The molecule has 1 aliphatic heterocycles. The Kier molecular flexibility index (Phi) is 3.22. The predicted molar refractivity (Wildman–Crippen MR) is 84.1 cm³/mol.